The third-order valence-corrected chi connectivity index (χ3v) is 3.19. The van der Waals surface area contributed by atoms with Crippen LogP contribution in [0.3, 0.4) is 0 Å². The van der Waals surface area contributed by atoms with Gasteiger partial charge in [0.25, 0.3) is 0 Å². The van der Waals surface area contributed by atoms with Crippen molar-refractivity contribution >= 4 is 12.2 Å². The first-order valence-electron chi connectivity index (χ1n) is 6.85. The molecular formula is C19H19N. The van der Waals surface area contributed by atoms with Crippen LogP contribution in [0.15, 0.2) is 48.7 Å². The van der Waals surface area contributed by atoms with Gasteiger partial charge in [0.15, 0.2) is 0 Å². The van der Waals surface area contributed by atoms with Gasteiger partial charge in [-0.05, 0) is 31.0 Å². The molecule has 0 unspecified atom stereocenters. The molecule has 1 heterocycles. The van der Waals surface area contributed by atoms with Crippen LogP contribution in [0.1, 0.15) is 25.0 Å². The third kappa shape index (κ3) is 3.10. The number of aromatic amines is 1. The molecule has 0 spiro atoms. The second-order valence-electron chi connectivity index (χ2n) is 4.54. The second-order valence-corrected chi connectivity index (χ2v) is 4.54. The van der Waals surface area contributed by atoms with E-state index in [1.165, 1.54) is 5.56 Å². The van der Waals surface area contributed by atoms with E-state index in [0.29, 0.717) is 0 Å². The lowest BCUT2D eigenvalue weighted by Crippen LogP contribution is -2.22. The Morgan fingerprint density at radius 2 is 2.10 bits per heavy atom. The summed E-state index contributed by atoms with van der Waals surface area (Å²) in [5, 5.41) is 1.96. The van der Waals surface area contributed by atoms with Gasteiger partial charge in [-0.3, -0.25) is 0 Å². The van der Waals surface area contributed by atoms with Crippen LogP contribution in [-0.2, 0) is 6.42 Å². The lowest BCUT2D eigenvalue weighted by Gasteiger charge is -1.99. The predicted molar refractivity (Wildman–Crippen MR) is 86.5 cm³/mol. The summed E-state index contributed by atoms with van der Waals surface area (Å²) in [6, 6.07) is 10.3. The summed E-state index contributed by atoms with van der Waals surface area (Å²) in [6.07, 6.45) is 6.92. The number of benzene rings is 1. The van der Waals surface area contributed by atoms with Crippen LogP contribution >= 0.6 is 0 Å². The fourth-order valence-corrected chi connectivity index (χ4v) is 2.11. The van der Waals surface area contributed by atoms with Crippen molar-refractivity contribution in [3.63, 3.8) is 0 Å². The number of hydrogen-bond acceptors (Lipinski definition) is 0. The molecule has 0 atom stereocenters. The molecule has 2 rings (SSSR count). The minimum absolute atomic E-state index is 0.899. The molecular weight excluding hydrogens is 242 g/mol. The van der Waals surface area contributed by atoms with Crippen molar-refractivity contribution in [1.82, 2.24) is 4.98 Å². The summed E-state index contributed by atoms with van der Waals surface area (Å²) in [4.78, 5) is 3.09. The Morgan fingerprint density at radius 1 is 1.30 bits per heavy atom. The summed E-state index contributed by atoms with van der Waals surface area (Å²) >= 11 is 0. The van der Waals surface area contributed by atoms with Crippen molar-refractivity contribution in [2.24, 2.45) is 0 Å². The minimum Gasteiger partial charge on any atom is -0.362 e. The Morgan fingerprint density at radius 3 is 2.75 bits per heavy atom. The normalized spacial score (nSPS) is 12.1. The lowest BCUT2D eigenvalue weighted by atomic mass is 10.1. The number of hydrogen-bond donors (Lipinski definition) is 1. The fourth-order valence-electron chi connectivity index (χ4n) is 2.11. The molecule has 0 radical (unpaired) electrons. The van der Waals surface area contributed by atoms with Crippen LogP contribution in [0.2, 0.25) is 0 Å². The first-order chi connectivity index (χ1) is 9.76. The zero-order valence-corrected chi connectivity index (χ0v) is 12.0. The number of aryl methyl sites for hydroxylation is 1. The first kappa shape index (κ1) is 14.0. The maximum absolute atomic E-state index is 3.99. The quantitative estimate of drug-likeness (QED) is 0.800. The summed E-state index contributed by atoms with van der Waals surface area (Å²) in [6.45, 7) is 8.14. The van der Waals surface area contributed by atoms with Gasteiger partial charge in [0.2, 0.25) is 0 Å². The molecule has 0 amide bonds. The Kier molecular flexibility index (Phi) is 4.63. The highest BCUT2D eigenvalue weighted by Gasteiger charge is 1.96. The Labute approximate surface area is 120 Å². The van der Waals surface area contributed by atoms with Gasteiger partial charge in [0.05, 0.1) is 0 Å². The summed E-state index contributed by atoms with van der Waals surface area (Å²) < 4.78 is 0. The highest BCUT2D eigenvalue weighted by Crippen LogP contribution is 2.08. The summed E-state index contributed by atoms with van der Waals surface area (Å²) in [7, 11) is 0. The number of nitrogens with one attached hydrogen (secondary N) is 1. The standard InChI is InChI=1S/C19H19N/c1-4-8-18(19-13-14-20-15(19)3)12-11-17-10-7-6-9-16(17)5-2/h4,6-10,13-14,20H,3,5H2,1-2H3/b8-4-,19-18+. The molecule has 20 heavy (non-hydrogen) atoms. The molecule has 1 aromatic carbocycles. The predicted octanol–water partition coefficient (Wildman–Crippen LogP) is 2.77. The van der Waals surface area contributed by atoms with Gasteiger partial charge in [0, 0.05) is 27.9 Å². The van der Waals surface area contributed by atoms with E-state index in [1.54, 1.807) is 0 Å². The highest BCUT2D eigenvalue weighted by atomic mass is 14.6. The van der Waals surface area contributed by atoms with Gasteiger partial charge in [0.1, 0.15) is 0 Å². The molecule has 0 saturated carbocycles. The Hall–Kier alpha value is -2.46. The monoisotopic (exact) mass is 261 g/mol. The molecule has 0 saturated heterocycles. The molecule has 1 N–H and O–H groups in total. The summed E-state index contributed by atoms with van der Waals surface area (Å²) in [5.41, 5.74) is 3.37. The zero-order valence-electron chi connectivity index (χ0n) is 12.0. The molecule has 1 nitrogen and oxygen atoms in total. The molecule has 0 fully saturated rings. The molecule has 1 heteroatoms. The summed E-state index contributed by atoms with van der Waals surface area (Å²) in [5.74, 6) is 6.56. The molecule has 2 aromatic rings. The van der Waals surface area contributed by atoms with E-state index in [-0.39, 0.29) is 0 Å². The van der Waals surface area contributed by atoms with E-state index in [1.807, 2.05) is 37.4 Å². The van der Waals surface area contributed by atoms with Gasteiger partial charge >= 0.3 is 0 Å². The maximum Gasteiger partial charge on any atom is 0.0393 e. The average molecular weight is 261 g/mol. The van der Waals surface area contributed by atoms with Crippen molar-refractivity contribution in [2.45, 2.75) is 20.3 Å². The molecule has 100 valence electrons. The molecule has 0 bridgehead atoms. The third-order valence-electron chi connectivity index (χ3n) is 3.19. The first-order valence-corrected chi connectivity index (χ1v) is 6.85. The number of rotatable bonds is 2. The minimum atomic E-state index is 0.899. The van der Waals surface area contributed by atoms with Gasteiger partial charge in [-0.25, -0.2) is 0 Å². The van der Waals surface area contributed by atoms with Crippen molar-refractivity contribution in [1.29, 1.82) is 0 Å². The largest absolute Gasteiger partial charge is 0.362 e. The van der Waals surface area contributed by atoms with E-state index < -0.39 is 0 Å². The maximum atomic E-state index is 3.99. The fraction of sp³-hybridized carbons (Fsp3) is 0.158. The van der Waals surface area contributed by atoms with Gasteiger partial charge in [-0.15, -0.1) is 0 Å². The van der Waals surface area contributed by atoms with Gasteiger partial charge in [-0.2, -0.15) is 0 Å². The number of H-pyrrole nitrogens is 1. The van der Waals surface area contributed by atoms with E-state index in [4.69, 9.17) is 0 Å². The zero-order chi connectivity index (χ0) is 14.4. The second kappa shape index (κ2) is 6.63. The van der Waals surface area contributed by atoms with Gasteiger partial charge < -0.3 is 4.98 Å². The highest BCUT2D eigenvalue weighted by molar-refractivity contribution is 5.73. The smallest absolute Gasteiger partial charge is 0.0393 e. The van der Waals surface area contributed by atoms with E-state index in [9.17, 15) is 0 Å². The molecule has 0 aliphatic heterocycles. The van der Waals surface area contributed by atoms with E-state index in [0.717, 1.165) is 28.1 Å². The SMILES string of the molecule is C=c1[nH]cc/c1=C(C#Cc1ccccc1CC)/C=C\C. The lowest BCUT2D eigenvalue weighted by molar-refractivity contribution is 1.13. The van der Waals surface area contributed by atoms with Gasteiger partial charge in [-0.1, -0.05) is 55.7 Å². The van der Waals surface area contributed by atoms with Crippen LogP contribution < -0.4 is 10.6 Å². The van der Waals surface area contributed by atoms with Crippen molar-refractivity contribution in [2.75, 3.05) is 0 Å². The van der Waals surface area contributed by atoms with E-state index >= 15 is 0 Å². The molecule has 1 aromatic heterocycles. The van der Waals surface area contributed by atoms with Crippen molar-refractivity contribution in [3.05, 3.63) is 70.4 Å². The topological polar surface area (TPSA) is 15.8 Å². The van der Waals surface area contributed by atoms with Crippen molar-refractivity contribution in [3.8, 4) is 11.8 Å². The Balaban J connectivity index is 2.55. The number of aromatic nitrogens is 1. The van der Waals surface area contributed by atoms with Crippen molar-refractivity contribution < 1.29 is 0 Å². The van der Waals surface area contributed by atoms with Crippen LogP contribution in [0.5, 0.6) is 0 Å². The molecule has 0 aliphatic rings. The van der Waals surface area contributed by atoms with Crippen LogP contribution in [0.4, 0.5) is 0 Å². The van der Waals surface area contributed by atoms with Crippen LogP contribution in [-0.4, -0.2) is 4.98 Å². The Bertz CT molecular complexity index is 779. The average Bonchev–Trinajstić information content (AvgIpc) is 2.90. The number of allylic oxidation sites excluding steroid dienone is 2. The van der Waals surface area contributed by atoms with E-state index in [2.05, 4.69) is 48.5 Å². The van der Waals surface area contributed by atoms with Crippen LogP contribution in [0.25, 0.3) is 12.2 Å². The molecule has 0 aliphatic carbocycles. The van der Waals surface area contributed by atoms with Crippen LogP contribution in [0, 0.1) is 11.8 Å².